The average Bonchev–Trinajstić information content (AvgIpc) is 2.27. The van der Waals surface area contributed by atoms with Crippen LogP contribution in [0.4, 0.5) is 5.69 Å². The molecule has 0 saturated carbocycles. The van der Waals surface area contributed by atoms with E-state index in [-0.39, 0.29) is 11.6 Å². The number of benzene rings is 1. The van der Waals surface area contributed by atoms with Crippen LogP contribution < -0.4 is 5.32 Å². The summed E-state index contributed by atoms with van der Waals surface area (Å²) in [5, 5.41) is 23.4. The van der Waals surface area contributed by atoms with Gasteiger partial charge in [-0.3, -0.25) is 10.1 Å². The zero-order chi connectivity index (χ0) is 13.7. The summed E-state index contributed by atoms with van der Waals surface area (Å²) in [7, 11) is 0. The summed E-state index contributed by atoms with van der Waals surface area (Å²) in [5.74, 6) is 0.189. The molecule has 0 amide bonds. The number of nitrogens with zero attached hydrogens (tertiary/aromatic N) is 1. The van der Waals surface area contributed by atoms with E-state index >= 15 is 0 Å². The molecular weight excluding hydrogens is 300 g/mol. The molecular formula is C12H17BrN2O3. The van der Waals surface area contributed by atoms with E-state index in [1.165, 1.54) is 12.1 Å². The number of rotatable bonds is 6. The molecule has 0 spiro atoms. The lowest BCUT2D eigenvalue weighted by Gasteiger charge is -2.15. The largest absolute Gasteiger partial charge is 0.392 e. The van der Waals surface area contributed by atoms with Crippen molar-refractivity contribution >= 4 is 21.6 Å². The first-order valence-corrected chi connectivity index (χ1v) is 6.52. The SMILES string of the molecule is CC(C)C(O)CNCc1cc(Br)cc([N+](=O)[O-])c1. The Morgan fingerprint density at radius 1 is 1.44 bits per heavy atom. The van der Waals surface area contributed by atoms with Gasteiger partial charge < -0.3 is 10.4 Å². The van der Waals surface area contributed by atoms with Gasteiger partial charge in [0.1, 0.15) is 0 Å². The number of nitro benzene ring substituents is 1. The van der Waals surface area contributed by atoms with Crippen molar-refractivity contribution in [1.82, 2.24) is 5.32 Å². The summed E-state index contributed by atoms with van der Waals surface area (Å²) in [5.41, 5.74) is 0.873. The van der Waals surface area contributed by atoms with Gasteiger partial charge in [0.05, 0.1) is 11.0 Å². The van der Waals surface area contributed by atoms with Gasteiger partial charge in [0, 0.05) is 29.7 Å². The summed E-state index contributed by atoms with van der Waals surface area (Å²) in [6.45, 7) is 4.84. The second-order valence-corrected chi connectivity index (χ2v) is 5.43. The summed E-state index contributed by atoms with van der Waals surface area (Å²) in [4.78, 5) is 10.3. The minimum atomic E-state index is -0.419. The van der Waals surface area contributed by atoms with E-state index < -0.39 is 11.0 Å². The maximum Gasteiger partial charge on any atom is 0.270 e. The summed E-state index contributed by atoms with van der Waals surface area (Å²) in [6.07, 6.45) is -0.410. The lowest BCUT2D eigenvalue weighted by Crippen LogP contribution is -2.30. The van der Waals surface area contributed by atoms with E-state index in [2.05, 4.69) is 21.2 Å². The zero-order valence-electron chi connectivity index (χ0n) is 10.4. The van der Waals surface area contributed by atoms with Crippen LogP contribution in [-0.2, 0) is 6.54 Å². The lowest BCUT2D eigenvalue weighted by molar-refractivity contribution is -0.385. The molecule has 1 unspecified atom stereocenters. The average molecular weight is 317 g/mol. The number of nitrogens with one attached hydrogen (secondary N) is 1. The fraction of sp³-hybridized carbons (Fsp3) is 0.500. The van der Waals surface area contributed by atoms with Crippen LogP contribution in [0.25, 0.3) is 0 Å². The maximum atomic E-state index is 10.7. The molecule has 18 heavy (non-hydrogen) atoms. The van der Waals surface area contributed by atoms with E-state index in [1.54, 1.807) is 0 Å². The Morgan fingerprint density at radius 3 is 2.67 bits per heavy atom. The van der Waals surface area contributed by atoms with Gasteiger partial charge in [0.15, 0.2) is 0 Å². The molecule has 0 bridgehead atoms. The molecule has 0 aliphatic rings. The second-order valence-electron chi connectivity index (χ2n) is 4.52. The van der Waals surface area contributed by atoms with E-state index in [1.807, 2.05) is 19.9 Å². The highest BCUT2D eigenvalue weighted by Gasteiger charge is 2.10. The summed E-state index contributed by atoms with van der Waals surface area (Å²) >= 11 is 3.24. The number of hydrogen-bond acceptors (Lipinski definition) is 4. The van der Waals surface area contributed by atoms with Crippen molar-refractivity contribution in [1.29, 1.82) is 0 Å². The molecule has 0 aromatic heterocycles. The molecule has 1 aromatic carbocycles. The van der Waals surface area contributed by atoms with Crippen LogP contribution in [0.5, 0.6) is 0 Å². The molecule has 5 nitrogen and oxygen atoms in total. The van der Waals surface area contributed by atoms with Crippen molar-refractivity contribution in [3.63, 3.8) is 0 Å². The Labute approximate surface area is 114 Å². The van der Waals surface area contributed by atoms with Crippen LogP contribution in [-0.4, -0.2) is 22.7 Å². The third kappa shape index (κ3) is 4.72. The van der Waals surface area contributed by atoms with Crippen LogP contribution in [0.15, 0.2) is 22.7 Å². The van der Waals surface area contributed by atoms with E-state index in [9.17, 15) is 15.2 Å². The number of non-ortho nitro benzene ring substituents is 1. The molecule has 1 aromatic rings. The van der Waals surface area contributed by atoms with Gasteiger partial charge in [-0.25, -0.2) is 0 Å². The Hall–Kier alpha value is -0.980. The summed E-state index contributed by atoms with van der Waals surface area (Å²) in [6, 6.07) is 4.81. The highest BCUT2D eigenvalue weighted by Crippen LogP contribution is 2.21. The van der Waals surface area contributed by atoms with E-state index in [4.69, 9.17) is 0 Å². The Morgan fingerprint density at radius 2 is 2.11 bits per heavy atom. The highest BCUT2D eigenvalue weighted by atomic mass is 79.9. The standard InChI is InChI=1S/C12H17BrN2O3/c1-8(2)12(16)7-14-6-9-3-10(13)5-11(4-9)15(17)18/h3-5,8,12,14,16H,6-7H2,1-2H3. The Balaban J connectivity index is 2.60. The molecule has 6 heteroatoms. The van der Waals surface area contributed by atoms with Crippen LogP contribution in [0, 0.1) is 16.0 Å². The van der Waals surface area contributed by atoms with Gasteiger partial charge >= 0.3 is 0 Å². The van der Waals surface area contributed by atoms with Crippen molar-refractivity contribution in [2.75, 3.05) is 6.54 Å². The molecule has 0 aliphatic carbocycles. The van der Waals surface area contributed by atoms with Gasteiger partial charge in [-0.2, -0.15) is 0 Å². The molecule has 1 atom stereocenters. The van der Waals surface area contributed by atoms with Crippen LogP contribution >= 0.6 is 15.9 Å². The molecule has 0 radical (unpaired) electrons. The first kappa shape index (κ1) is 15.1. The first-order valence-electron chi connectivity index (χ1n) is 5.72. The second kappa shape index (κ2) is 6.82. The fourth-order valence-electron chi connectivity index (χ4n) is 1.44. The maximum absolute atomic E-state index is 10.7. The van der Waals surface area contributed by atoms with Crippen LogP contribution in [0.1, 0.15) is 19.4 Å². The molecule has 0 heterocycles. The Kier molecular flexibility index (Phi) is 5.71. The van der Waals surface area contributed by atoms with Crippen molar-refractivity contribution in [3.05, 3.63) is 38.3 Å². The molecule has 1 rings (SSSR count). The highest BCUT2D eigenvalue weighted by molar-refractivity contribution is 9.10. The van der Waals surface area contributed by atoms with Gasteiger partial charge in [-0.15, -0.1) is 0 Å². The molecule has 0 aliphatic heterocycles. The quantitative estimate of drug-likeness (QED) is 0.624. The number of nitro groups is 1. The van der Waals surface area contributed by atoms with Gasteiger partial charge in [-0.05, 0) is 17.5 Å². The molecule has 100 valence electrons. The third-order valence-electron chi connectivity index (χ3n) is 2.61. The molecule has 2 N–H and O–H groups in total. The summed E-state index contributed by atoms with van der Waals surface area (Å²) < 4.78 is 0.679. The third-order valence-corrected chi connectivity index (χ3v) is 3.06. The number of halogens is 1. The molecule has 0 saturated heterocycles. The van der Waals surface area contributed by atoms with Crippen LogP contribution in [0.3, 0.4) is 0 Å². The zero-order valence-corrected chi connectivity index (χ0v) is 12.0. The van der Waals surface area contributed by atoms with Crippen molar-refractivity contribution < 1.29 is 10.0 Å². The monoisotopic (exact) mass is 316 g/mol. The Bertz CT molecular complexity index is 424. The lowest BCUT2D eigenvalue weighted by atomic mass is 10.1. The smallest absolute Gasteiger partial charge is 0.270 e. The van der Waals surface area contributed by atoms with E-state index in [0.29, 0.717) is 17.6 Å². The normalized spacial score (nSPS) is 12.7. The number of aliphatic hydroxyl groups excluding tert-OH is 1. The number of aliphatic hydroxyl groups is 1. The van der Waals surface area contributed by atoms with Crippen LogP contribution in [0.2, 0.25) is 0 Å². The molecule has 0 fully saturated rings. The fourth-order valence-corrected chi connectivity index (χ4v) is 1.97. The minimum absolute atomic E-state index is 0.0607. The number of hydrogen-bond donors (Lipinski definition) is 2. The van der Waals surface area contributed by atoms with Crippen molar-refractivity contribution in [3.8, 4) is 0 Å². The van der Waals surface area contributed by atoms with Gasteiger partial charge in [-0.1, -0.05) is 29.8 Å². The van der Waals surface area contributed by atoms with Crippen molar-refractivity contribution in [2.45, 2.75) is 26.5 Å². The topological polar surface area (TPSA) is 75.4 Å². The van der Waals surface area contributed by atoms with E-state index in [0.717, 1.165) is 5.56 Å². The first-order chi connectivity index (χ1) is 8.40. The van der Waals surface area contributed by atoms with Crippen molar-refractivity contribution in [2.24, 2.45) is 5.92 Å². The minimum Gasteiger partial charge on any atom is -0.392 e. The predicted molar refractivity (Wildman–Crippen MR) is 73.3 cm³/mol. The van der Waals surface area contributed by atoms with Gasteiger partial charge in [0.2, 0.25) is 0 Å². The van der Waals surface area contributed by atoms with Gasteiger partial charge in [0.25, 0.3) is 5.69 Å². The predicted octanol–water partition coefficient (Wildman–Crippen LogP) is 2.46.